The summed E-state index contributed by atoms with van der Waals surface area (Å²) in [5.74, 6) is -0.678. The zero-order chi connectivity index (χ0) is 20.1. The molecule has 3 aromatic rings. The molecule has 144 valence electrons. The number of hydrogen-bond acceptors (Lipinski definition) is 4. The summed E-state index contributed by atoms with van der Waals surface area (Å²) < 4.78 is 19.9. The lowest BCUT2D eigenvalue weighted by atomic mass is 10.2. The van der Waals surface area contributed by atoms with Crippen molar-refractivity contribution >= 4 is 23.2 Å². The van der Waals surface area contributed by atoms with Gasteiger partial charge in [0.2, 0.25) is 5.88 Å². The Hall–Kier alpha value is -3.19. The number of ether oxygens (including phenoxy) is 1. The van der Waals surface area contributed by atoms with Crippen molar-refractivity contribution in [1.29, 1.82) is 0 Å². The second-order valence-corrected chi connectivity index (χ2v) is 6.35. The number of halogens is 2. The second-order valence-electron chi connectivity index (χ2n) is 5.91. The molecule has 8 heteroatoms. The average molecular weight is 402 g/mol. The van der Waals surface area contributed by atoms with Crippen molar-refractivity contribution < 1.29 is 13.9 Å². The highest BCUT2D eigenvalue weighted by molar-refractivity contribution is 6.30. The molecule has 1 N–H and O–H groups in total. The lowest BCUT2D eigenvalue weighted by molar-refractivity contribution is -0.123. The zero-order valence-corrected chi connectivity index (χ0v) is 15.7. The molecule has 0 saturated heterocycles. The number of benzene rings is 2. The third-order valence-electron chi connectivity index (χ3n) is 3.88. The Morgan fingerprint density at radius 1 is 1.14 bits per heavy atom. The van der Waals surface area contributed by atoms with Crippen LogP contribution in [0.5, 0.6) is 5.88 Å². The van der Waals surface area contributed by atoms with E-state index in [-0.39, 0.29) is 11.8 Å². The van der Waals surface area contributed by atoms with Gasteiger partial charge >= 0.3 is 0 Å². The van der Waals surface area contributed by atoms with Gasteiger partial charge in [0, 0.05) is 22.8 Å². The summed E-state index contributed by atoms with van der Waals surface area (Å²) in [4.78, 5) is 24.6. The summed E-state index contributed by atoms with van der Waals surface area (Å²) in [6, 6.07) is 14.7. The smallest absolute Gasteiger partial charge is 0.271 e. The van der Waals surface area contributed by atoms with Crippen molar-refractivity contribution in [1.82, 2.24) is 9.78 Å². The van der Waals surface area contributed by atoms with Crippen LogP contribution in [0.15, 0.2) is 65.5 Å². The fourth-order valence-electron chi connectivity index (χ4n) is 2.45. The summed E-state index contributed by atoms with van der Waals surface area (Å²) in [7, 11) is 0. The maximum atomic E-state index is 13.1. The summed E-state index contributed by atoms with van der Waals surface area (Å²) in [6.45, 7) is 1.79. The van der Waals surface area contributed by atoms with Crippen LogP contribution in [0.1, 0.15) is 13.3 Å². The number of anilines is 1. The van der Waals surface area contributed by atoms with Crippen LogP contribution in [0.2, 0.25) is 5.02 Å². The predicted molar refractivity (Wildman–Crippen MR) is 105 cm³/mol. The standard InChI is InChI=1S/C20H17ClFN3O3/c1-2-17(20(27)23-15-7-3-13(21)4-8-15)28-18-11-12-19(26)25(24-18)16-9-5-14(22)6-10-16/h3-12,17H,2H2,1H3,(H,23,27)/t17-/m0/s1. The van der Waals surface area contributed by atoms with Gasteiger partial charge in [-0.1, -0.05) is 18.5 Å². The number of nitrogens with one attached hydrogen (secondary N) is 1. The van der Waals surface area contributed by atoms with E-state index in [1.807, 2.05) is 0 Å². The van der Waals surface area contributed by atoms with E-state index >= 15 is 0 Å². The van der Waals surface area contributed by atoms with E-state index in [0.717, 1.165) is 4.68 Å². The molecule has 28 heavy (non-hydrogen) atoms. The summed E-state index contributed by atoms with van der Waals surface area (Å²) in [5.41, 5.74) is 0.564. The summed E-state index contributed by atoms with van der Waals surface area (Å²) in [5, 5.41) is 7.43. The van der Waals surface area contributed by atoms with E-state index < -0.39 is 17.5 Å². The van der Waals surface area contributed by atoms with Gasteiger partial charge in [0.25, 0.3) is 11.5 Å². The quantitative estimate of drug-likeness (QED) is 0.681. The first-order valence-corrected chi connectivity index (χ1v) is 8.93. The minimum atomic E-state index is -0.817. The molecule has 1 heterocycles. The summed E-state index contributed by atoms with van der Waals surface area (Å²) in [6.07, 6.45) is -0.432. The number of amides is 1. The van der Waals surface area contributed by atoms with Crippen LogP contribution in [0, 0.1) is 5.82 Å². The first-order valence-electron chi connectivity index (χ1n) is 8.55. The molecule has 0 fully saturated rings. The van der Waals surface area contributed by atoms with Gasteiger partial charge in [0.05, 0.1) is 5.69 Å². The molecular formula is C20H17ClFN3O3. The zero-order valence-electron chi connectivity index (χ0n) is 14.9. The number of carbonyl (C=O) groups is 1. The molecule has 1 atom stereocenters. The van der Waals surface area contributed by atoms with Crippen molar-refractivity contribution in [2.75, 3.05) is 5.32 Å². The molecule has 0 bridgehead atoms. The van der Waals surface area contributed by atoms with Gasteiger partial charge in [-0.3, -0.25) is 9.59 Å². The maximum Gasteiger partial charge on any atom is 0.271 e. The fraction of sp³-hybridized carbons (Fsp3) is 0.150. The third kappa shape index (κ3) is 4.75. The molecule has 0 aliphatic rings. The molecule has 6 nitrogen and oxygen atoms in total. The van der Waals surface area contributed by atoms with Crippen molar-refractivity contribution in [2.45, 2.75) is 19.4 Å². The normalized spacial score (nSPS) is 11.7. The van der Waals surface area contributed by atoms with Crippen molar-refractivity contribution in [3.63, 3.8) is 0 Å². The van der Waals surface area contributed by atoms with Crippen LogP contribution < -0.4 is 15.6 Å². The topological polar surface area (TPSA) is 73.2 Å². The Labute approximate surface area is 165 Å². The molecular weight excluding hydrogens is 385 g/mol. The Kier molecular flexibility index (Phi) is 6.06. The molecule has 0 aliphatic heterocycles. The van der Waals surface area contributed by atoms with Gasteiger partial charge in [-0.05, 0) is 55.0 Å². The average Bonchev–Trinajstić information content (AvgIpc) is 2.69. The molecule has 0 spiro atoms. The van der Waals surface area contributed by atoms with E-state index in [0.29, 0.717) is 22.8 Å². The Morgan fingerprint density at radius 3 is 2.46 bits per heavy atom. The van der Waals surface area contributed by atoms with E-state index in [1.54, 1.807) is 31.2 Å². The van der Waals surface area contributed by atoms with E-state index in [2.05, 4.69) is 10.4 Å². The van der Waals surface area contributed by atoms with Crippen LogP contribution >= 0.6 is 11.6 Å². The van der Waals surface area contributed by atoms with Crippen molar-refractivity contribution in [3.05, 3.63) is 81.9 Å². The Morgan fingerprint density at radius 2 is 1.82 bits per heavy atom. The van der Waals surface area contributed by atoms with Gasteiger partial charge in [0.1, 0.15) is 5.82 Å². The first-order chi connectivity index (χ1) is 13.5. The van der Waals surface area contributed by atoms with E-state index in [4.69, 9.17) is 16.3 Å². The van der Waals surface area contributed by atoms with Crippen LogP contribution in [-0.2, 0) is 4.79 Å². The first kappa shape index (κ1) is 19.6. The second kappa shape index (κ2) is 8.67. The lowest BCUT2D eigenvalue weighted by Gasteiger charge is -2.17. The van der Waals surface area contributed by atoms with Crippen LogP contribution in [0.4, 0.5) is 10.1 Å². The van der Waals surface area contributed by atoms with E-state index in [9.17, 15) is 14.0 Å². The van der Waals surface area contributed by atoms with Gasteiger partial charge in [-0.15, -0.1) is 5.10 Å². The van der Waals surface area contributed by atoms with Crippen molar-refractivity contribution in [3.8, 4) is 11.6 Å². The minimum Gasteiger partial charge on any atom is -0.463 e. The minimum absolute atomic E-state index is 0.0991. The predicted octanol–water partition coefficient (Wildman–Crippen LogP) is 3.82. The van der Waals surface area contributed by atoms with Gasteiger partial charge in [-0.2, -0.15) is 4.68 Å². The van der Waals surface area contributed by atoms with Gasteiger partial charge in [-0.25, -0.2) is 4.39 Å². The molecule has 1 aromatic heterocycles. The van der Waals surface area contributed by atoms with Crippen LogP contribution in [0.25, 0.3) is 5.69 Å². The third-order valence-corrected chi connectivity index (χ3v) is 4.14. The Balaban J connectivity index is 1.78. The maximum absolute atomic E-state index is 13.1. The highest BCUT2D eigenvalue weighted by Crippen LogP contribution is 2.16. The molecule has 0 aliphatic carbocycles. The fourth-order valence-corrected chi connectivity index (χ4v) is 2.57. The van der Waals surface area contributed by atoms with Gasteiger partial charge in [0.15, 0.2) is 6.10 Å². The number of nitrogens with zero attached hydrogens (tertiary/aromatic N) is 2. The molecule has 2 aromatic carbocycles. The molecule has 3 rings (SSSR count). The number of rotatable bonds is 6. The summed E-state index contributed by atoms with van der Waals surface area (Å²) >= 11 is 5.84. The molecule has 0 unspecified atom stereocenters. The van der Waals surface area contributed by atoms with Crippen LogP contribution in [-0.4, -0.2) is 21.8 Å². The number of hydrogen-bond donors (Lipinski definition) is 1. The lowest BCUT2D eigenvalue weighted by Crippen LogP contribution is -2.33. The highest BCUT2D eigenvalue weighted by Gasteiger charge is 2.20. The van der Waals surface area contributed by atoms with Gasteiger partial charge < -0.3 is 10.1 Å². The largest absolute Gasteiger partial charge is 0.463 e. The molecule has 0 radical (unpaired) electrons. The number of carbonyl (C=O) groups excluding carboxylic acids is 1. The SMILES string of the molecule is CC[C@H](Oc1ccc(=O)n(-c2ccc(F)cc2)n1)C(=O)Nc1ccc(Cl)cc1. The Bertz CT molecular complexity index is 1020. The monoisotopic (exact) mass is 401 g/mol. The van der Waals surface area contributed by atoms with Crippen molar-refractivity contribution in [2.24, 2.45) is 0 Å². The molecule has 0 saturated carbocycles. The van der Waals surface area contributed by atoms with Crippen LogP contribution in [0.3, 0.4) is 0 Å². The van der Waals surface area contributed by atoms with E-state index in [1.165, 1.54) is 36.4 Å². The highest BCUT2D eigenvalue weighted by atomic mass is 35.5. The molecule has 1 amide bonds. The number of aromatic nitrogens is 2.